The topological polar surface area (TPSA) is 37.4 Å². The number of rotatable bonds is 6. The zero-order chi connectivity index (χ0) is 16.3. The van der Waals surface area contributed by atoms with Gasteiger partial charge in [0.25, 0.3) is 0 Å². The number of sulfone groups is 1. The molecule has 0 spiro atoms. The van der Waals surface area contributed by atoms with Gasteiger partial charge in [-0.05, 0) is 69.7 Å². The summed E-state index contributed by atoms with van der Waals surface area (Å²) in [6.45, 7) is 5.73. The Morgan fingerprint density at radius 1 is 1.17 bits per heavy atom. The minimum atomic E-state index is -3.20. The minimum Gasteiger partial charge on any atom is -0.303 e. The first-order valence-corrected chi connectivity index (χ1v) is 10.5. The van der Waals surface area contributed by atoms with Crippen molar-refractivity contribution in [3.05, 3.63) is 30.3 Å². The third kappa shape index (κ3) is 3.48. The van der Waals surface area contributed by atoms with Gasteiger partial charge in [0.2, 0.25) is 0 Å². The zero-order valence-electron chi connectivity index (χ0n) is 14.2. The van der Waals surface area contributed by atoms with Crippen molar-refractivity contribution in [3.63, 3.8) is 0 Å². The van der Waals surface area contributed by atoms with E-state index in [1.54, 1.807) is 12.1 Å². The Labute approximate surface area is 141 Å². The van der Waals surface area contributed by atoms with Crippen LogP contribution < -0.4 is 0 Å². The molecule has 1 saturated heterocycles. The highest BCUT2D eigenvalue weighted by Crippen LogP contribution is 2.46. The number of nitrogens with zero attached hydrogens (tertiary/aromatic N) is 1. The van der Waals surface area contributed by atoms with Gasteiger partial charge in [-0.3, -0.25) is 0 Å². The maximum atomic E-state index is 13.1. The maximum absolute atomic E-state index is 13.1. The second-order valence-corrected chi connectivity index (χ2v) is 9.85. The van der Waals surface area contributed by atoms with Crippen LogP contribution in [0.1, 0.15) is 51.9 Å². The summed E-state index contributed by atoms with van der Waals surface area (Å²) in [7, 11) is -3.20. The summed E-state index contributed by atoms with van der Waals surface area (Å²) >= 11 is 0. The predicted molar refractivity (Wildman–Crippen MR) is 94.3 cm³/mol. The van der Waals surface area contributed by atoms with Crippen molar-refractivity contribution in [2.75, 3.05) is 19.6 Å². The fourth-order valence-corrected chi connectivity index (χ4v) is 6.44. The Kier molecular flexibility index (Phi) is 5.12. The van der Waals surface area contributed by atoms with E-state index < -0.39 is 14.6 Å². The van der Waals surface area contributed by atoms with Gasteiger partial charge in [-0.1, -0.05) is 31.5 Å². The molecular formula is C19H29NO2S. The van der Waals surface area contributed by atoms with Crippen molar-refractivity contribution < 1.29 is 8.42 Å². The summed E-state index contributed by atoms with van der Waals surface area (Å²) in [6.07, 6.45) is 7.15. The summed E-state index contributed by atoms with van der Waals surface area (Å²) in [4.78, 5) is 3.03. The van der Waals surface area contributed by atoms with E-state index in [9.17, 15) is 8.42 Å². The van der Waals surface area contributed by atoms with Crippen molar-refractivity contribution in [2.45, 2.75) is 61.5 Å². The van der Waals surface area contributed by atoms with E-state index in [-0.39, 0.29) is 0 Å². The molecule has 1 saturated carbocycles. The highest BCUT2D eigenvalue weighted by molar-refractivity contribution is 7.93. The van der Waals surface area contributed by atoms with Crippen molar-refractivity contribution in [1.29, 1.82) is 0 Å². The van der Waals surface area contributed by atoms with Gasteiger partial charge in [0, 0.05) is 6.54 Å². The first-order chi connectivity index (χ1) is 11.0. The molecule has 3 nitrogen and oxygen atoms in total. The van der Waals surface area contributed by atoms with E-state index >= 15 is 0 Å². The van der Waals surface area contributed by atoms with Crippen LogP contribution in [-0.4, -0.2) is 37.7 Å². The van der Waals surface area contributed by atoms with Crippen molar-refractivity contribution in [3.8, 4) is 0 Å². The fourth-order valence-electron chi connectivity index (χ4n) is 4.19. The highest BCUT2D eigenvalue weighted by Gasteiger charge is 2.48. The molecule has 0 N–H and O–H groups in total. The van der Waals surface area contributed by atoms with E-state index in [0.29, 0.717) is 4.90 Å². The number of benzene rings is 1. The zero-order valence-corrected chi connectivity index (χ0v) is 15.0. The smallest absolute Gasteiger partial charge is 0.184 e. The highest BCUT2D eigenvalue weighted by atomic mass is 32.2. The molecule has 1 heterocycles. The molecule has 0 aromatic heterocycles. The standard InChI is InChI=1S/C19H29NO2S/c1-17-8-5-14-20(16-17)15-7-13-19(11-6-12-19)23(21,22)18-9-3-2-4-10-18/h2-4,9-10,17H,5-8,11-16H2,1H3. The first kappa shape index (κ1) is 17.0. The molecule has 128 valence electrons. The summed E-state index contributed by atoms with van der Waals surface area (Å²) in [5.74, 6) is 0.787. The number of hydrogen-bond acceptors (Lipinski definition) is 3. The second kappa shape index (κ2) is 6.94. The van der Waals surface area contributed by atoms with E-state index in [1.807, 2.05) is 18.2 Å². The van der Waals surface area contributed by atoms with Crippen molar-refractivity contribution in [1.82, 2.24) is 4.90 Å². The summed E-state index contributed by atoms with van der Waals surface area (Å²) in [5.41, 5.74) is 0. The monoisotopic (exact) mass is 335 g/mol. The molecule has 1 unspecified atom stereocenters. The Hall–Kier alpha value is -0.870. The molecular weight excluding hydrogens is 306 g/mol. The SMILES string of the molecule is CC1CCCN(CCCC2(S(=O)(=O)c3ccccc3)CCC2)C1. The van der Waals surface area contributed by atoms with Gasteiger partial charge >= 0.3 is 0 Å². The van der Waals surface area contributed by atoms with Crippen LogP contribution in [0.5, 0.6) is 0 Å². The predicted octanol–water partition coefficient (Wildman–Crippen LogP) is 3.90. The van der Waals surface area contributed by atoms with Gasteiger partial charge in [-0.25, -0.2) is 8.42 Å². The van der Waals surface area contributed by atoms with E-state index in [0.717, 1.165) is 44.6 Å². The maximum Gasteiger partial charge on any atom is 0.184 e. The average molecular weight is 336 g/mol. The Morgan fingerprint density at radius 2 is 1.91 bits per heavy atom. The molecule has 0 bridgehead atoms. The molecule has 1 atom stereocenters. The van der Waals surface area contributed by atoms with Crippen LogP contribution in [0.15, 0.2) is 35.2 Å². The largest absolute Gasteiger partial charge is 0.303 e. The number of hydrogen-bond donors (Lipinski definition) is 0. The molecule has 23 heavy (non-hydrogen) atoms. The van der Waals surface area contributed by atoms with Gasteiger partial charge in [-0.2, -0.15) is 0 Å². The van der Waals surface area contributed by atoms with E-state index in [1.165, 1.54) is 25.9 Å². The third-order valence-electron chi connectivity index (χ3n) is 5.74. The molecule has 4 heteroatoms. The van der Waals surface area contributed by atoms with E-state index in [4.69, 9.17) is 0 Å². The Bertz CT molecular complexity index is 608. The third-order valence-corrected chi connectivity index (χ3v) is 8.38. The second-order valence-electron chi connectivity index (χ2n) is 7.50. The fraction of sp³-hybridized carbons (Fsp3) is 0.684. The molecule has 1 aromatic carbocycles. The molecule has 1 aliphatic carbocycles. The molecule has 3 rings (SSSR count). The summed E-state index contributed by atoms with van der Waals surface area (Å²) in [6, 6.07) is 9.04. The Morgan fingerprint density at radius 3 is 2.52 bits per heavy atom. The Balaban J connectivity index is 1.63. The number of likely N-dealkylation sites (tertiary alicyclic amines) is 1. The van der Waals surface area contributed by atoms with Crippen LogP contribution in [0, 0.1) is 5.92 Å². The molecule has 0 radical (unpaired) electrons. The molecule has 1 aromatic rings. The van der Waals surface area contributed by atoms with Crippen LogP contribution in [0.3, 0.4) is 0 Å². The van der Waals surface area contributed by atoms with Gasteiger partial charge in [-0.15, -0.1) is 0 Å². The van der Waals surface area contributed by atoms with Crippen LogP contribution in [-0.2, 0) is 9.84 Å². The lowest BCUT2D eigenvalue weighted by Crippen LogP contribution is -2.46. The number of piperidine rings is 1. The normalized spacial score (nSPS) is 25.0. The lowest BCUT2D eigenvalue weighted by Gasteiger charge is -2.42. The first-order valence-electron chi connectivity index (χ1n) is 9.06. The van der Waals surface area contributed by atoms with Crippen LogP contribution in [0.25, 0.3) is 0 Å². The quantitative estimate of drug-likeness (QED) is 0.791. The lowest BCUT2D eigenvalue weighted by atomic mass is 9.81. The minimum absolute atomic E-state index is 0.490. The summed E-state index contributed by atoms with van der Waals surface area (Å²) < 4.78 is 25.6. The molecule has 2 aliphatic rings. The van der Waals surface area contributed by atoms with Crippen molar-refractivity contribution in [2.24, 2.45) is 5.92 Å². The van der Waals surface area contributed by atoms with E-state index in [2.05, 4.69) is 11.8 Å². The van der Waals surface area contributed by atoms with Crippen molar-refractivity contribution >= 4 is 9.84 Å². The lowest BCUT2D eigenvalue weighted by molar-refractivity contribution is 0.174. The molecule has 0 amide bonds. The average Bonchev–Trinajstić information content (AvgIpc) is 2.50. The van der Waals surface area contributed by atoms with Gasteiger partial charge < -0.3 is 4.90 Å². The van der Waals surface area contributed by atoms with Crippen LogP contribution in [0.4, 0.5) is 0 Å². The summed E-state index contributed by atoms with van der Waals surface area (Å²) in [5, 5.41) is 0. The van der Waals surface area contributed by atoms with Gasteiger partial charge in [0.15, 0.2) is 9.84 Å². The molecule has 1 aliphatic heterocycles. The van der Waals surface area contributed by atoms with Crippen LogP contribution >= 0.6 is 0 Å². The van der Waals surface area contributed by atoms with Gasteiger partial charge in [0.1, 0.15) is 0 Å². The molecule has 2 fully saturated rings. The van der Waals surface area contributed by atoms with Crippen LogP contribution in [0.2, 0.25) is 0 Å². The van der Waals surface area contributed by atoms with Gasteiger partial charge in [0.05, 0.1) is 9.64 Å².